The van der Waals surface area contributed by atoms with Gasteiger partial charge in [0, 0.05) is 11.6 Å². The number of hydrogen-bond donors (Lipinski definition) is 1. The fraction of sp³-hybridized carbons (Fsp3) is 0.227. The molecule has 0 bridgehead atoms. The third-order valence-corrected chi connectivity index (χ3v) is 3.98. The zero-order chi connectivity index (χ0) is 19.6. The van der Waals surface area contributed by atoms with E-state index in [9.17, 15) is 4.79 Å². The van der Waals surface area contributed by atoms with Gasteiger partial charge in [-0.15, -0.1) is 10.2 Å². The van der Waals surface area contributed by atoms with Crippen LogP contribution in [0.1, 0.15) is 12.5 Å². The number of nitrogens with one attached hydrogen (secondary N) is 1. The first-order valence-corrected chi connectivity index (χ1v) is 9.25. The fourth-order valence-electron chi connectivity index (χ4n) is 2.62. The number of nitrogens with zero attached hydrogens (tertiary/aromatic N) is 2. The normalized spacial score (nSPS) is 10.3. The number of ether oxygens (including phenoxy) is 2. The van der Waals surface area contributed by atoms with E-state index in [-0.39, 0.29) is 5.91 Å². The smallest absolute Gasteiger partial charge is 0.233 e. The van der Waals surface area contributed by atoms with Gasteiger partial charge in [-0.3, -0.25) is 4.79 Å². The summed E-state index contributed by atoms with van der Waals surface area (Å²) in [7, 11) is 0. The summed E-state index contributed by atoms with van der Waals surface area (Å²) < 4.78 is 10.9. The van der Waals surface area contributed by atoms with Crippen LogP contribution in [0.15, 0.2) is 66.7 Å². The highest BCUT2D eigenvalue weighted by Gasteiger charge is 2.05. The minimum Gasteiger partial charge on any atom is -0.494 e. The second-order valence-corrected chi connectivity index (χ2v) is 6.07. The van der Waals surface area contributed by atoms with Crippen LogP contribution in [0.5, 0.6) is 11.6 Å². The molecule has 0 spiro atoms. The molecule has 0 fully saturated rings. The maximum atomic E-state index is 12.0. The molecule has 0 saturated heterocycles. The van der Waals surface area contributed by atoms with Gasteiger partial charge in [-0.1, -0.05) is 42.5 Å². The summed E-state index contributed by atoms with van der Waals surface area (Å²) in [5.41, 5.74) is 2.73. The molecule has 2 aromatic carbocycles. The molecular formula is C22H23N3O3. The minimum atomic E-state index is -0.0572. The maximum Gasteiger partial charge on any atom is 0.233 e. The number of aromatic nitrogens is 2. The molecule has 3 rings (SSSR count). The van der Waals surface area contributed by atoms with Crippen LogP contribution in [0, 0.1) is 0 Å². The average molecular weight is 377 g/mol. The Morgan fingerprint density at radius 3 is 2.39 bits per heavy atom. The molecule has 1 heterocycles. The molecule has 1 N–H and O–H groups in total. The lowest BCUT2D eigenvalue weighted by molar-refractivity contribution is -0.120. The van der Waals surface area contributed by atoms with Crippen LogP contribution in [-0.4, -0.2) is 35.9 Å². The zero-order valence-electron chi connectivity index (χ0n) is 15.8. The van der Waals surface area contributed by atoms with Crippen molar-refractivity contribution in [3.8, 4) is 22.9 Å². The Balaban J connectivity index is 1.38. The monoisotopic (exact) mass is 377 g/mol. The molecule has 28 heavy (non-hydrogen) atoms. The molecule has 0 aliphatic heterocycles. The topological polar surface area (TPSA) is 73.3 Å². The molecule has 0 unspecified atom stereocenters. The molecule has 6 heteroatoms. The Morgan fingerprint density at radius 1 is 0.929 bits per heavy atom. The second-order valence-electron chi connectivity index (χ2n) is 6.07. The van der Waals surface area contributed by atoms with Gasteiger partial charge < -0.3 is 14.8 Å². The molecule has 1 aromatic heterocycles. The summed E-state index contributed by atoms with van der Waals surface area (Å²) in [4.78, 5) is 12.0. The molecule has 6 nitrogen and oxygen atoms in total. The number of rotatable bonds is 9. The Hall–Kier alpha value is -3.41. The van der Waals surface area contributed by atoms with Gasteiger partial charge in [-0.05, 0) is 30.7 Å². The summed E-state index contributed by atoms with van der Waals surface area (Å²) in [6, 6.07) is 21.0. The first kappa shape index (κ1) is 19.4. The van der Waals surface area contributed by atoms with Gasteiger partial charge in [-0.2, -0.15) is 0 Å². The average Bonchev–Trinajstić information content (AvgIpc) is 2.74. The Kier molecular flexibility index (Phi) is 6.95. The van der Waals surface area contributed by atoms with Crippen molar-refractivity contribution in [3.05, 3.63) is 72.3 Å². The number of carbonyl (C=O) groups is 1. The molecular weight excluding hydrogens is 354 g/mol. The minimum absolute atomic E-state index is 0.0572. The van der Waals surface area contributed by atoms with Crippen LogP contribution in [0.25, 0.3) is 11.3 Å². The quantitative estimate of drug-likeness (QED) is 0.579. The highest BCUT2D eigenvalue weighted by molar-refractivity contribution is 5.78. The van der Waals surface area contributed by atoms with Crippen molar-refractivity contribution >= 4 is 5.91 Å². The van der Waals surface area contributed by atoms with Gasteiger partial charge in [0.05, 0.1) is 25.3 Å². The molecule has 144 valence electrons. The Labute approximate surface area is 164 Å². The first-order valence-electron chi connectivity index (χ1n) is 9.25. The van der Waals surface area contributed by atoms with E-state index in [1.807, 2.05) is 67.6 Å². The highest BCUT2D eigenvalue weighted by atomic mass is 16.5. The molecule has 3 aromatic rings. The van der Waals surface area contributed by atoms with Crippen LogP contribution in [0.4, 0.5) is 0 Å². The molecule has 1 amide bonds. The van der Waals surface area contributed by atoms with Crippen molar-refractivity contribution in [1.82, 2.24) is 15.5 Å². The van der Waals surface area contributed by atoms with E-state index < -0.39 is 0 Å². The molecule has 0 atom stereocenters. The molecule has 0 radical (unpaired) electrons. The van der Waals surface area contributed by atoms with Gasteiger partial charge in [0.15, 0.2) is 0 Å². The summed E-state index contributed by atoms with van der Waals surface area (Å²) >= 11 is 0. The number of hydrogen-bond acceptors (Lipinski definition) is 5. The summed E-state index contributed by atoms with van der Waals surface area (Å²) in [5.74, 6) is 1.18. The van der Waals surface area contributed by atoms with Crippen LogP contribution in [0.3, 0.4) is 0 Å². The van der Waals surface area contributed by atoms with Crippen LogP contribution < -0.4 is 14.8 Å². The molecule has 0 aliphatic carbocycles. The van der Waals surface area contributed by atoms with Crippen molar-refractivity contribution in [1.29, 1.82) is 0 Å². The number of benzene rings is 2. The maximum absolute atomic E-state index is 12.0. The van der Waals surface area contributed by atoms with Gasteiger partial charge in [0.2, 0.25) is 11.8 Å². The Morgan fingerprint density at radius 2 is 1.71 bits per heavy atom. The summed E-state index contributed by atoms with van der Waals surface area (Å²) in [5, 5.41) is 11.1. The second kappa shape index (κ2) is 10.1. The van der Waals surface area contributed by atoms with E-state index in [1.165, 1.54) is 0 Å². The number of carbonyl (C=O) groups excluding carboxylic acids is 1. The van der Waals surface area contributed by atoms with E-state index in [0.29, 0.717) is 32.1 Å². The van der Waals surface area contributed by atoms with Crippen molar-refractivity contribution in [2.45, 2.75) is 13.3 Å². The SMILES string of the molecule is CCOc1ccc(CC(=O)NCCOc2ccc(-c3ccccc3)nn2)cc1. The van der Waals surface area contributed by atoms with Crippen molar-refractivity contribution < 1.29 is 14.3 Å². The summed E-state index contributed by atoms with van der Waals surface area (Å²) in [6.45, 7) is 3.29. The number of amides is 1. The lowest BCUT2D eigenvalue weighted by atomic mass is 10.1. The predicted molar refractivity (Wildman–Crippen MR) is 107 cm³/mol. The van der Waals surface area contributed by atoms with Crippen LogP contribution in [0.2, 0.25) is 0 Å². The van der Waals surface area contributed by atoms with Crippen molar-refractivity contribution in [2.75, 3.05) is 19.8 Å². The largest absolute Gasteiger partial charge is 0.494 e. The zero-order valence-corrected chi connectivity index (χ0v) is 15.8. The first-order chi connectivity index (χ1) is 13.7. The van der Waals surface area contributed by atoms with Gasteiger partial charge in [0.1, 0.15) is 12.4 Å². The standard InChI is InChI=1S/C22H23N3O3/c1-2-27-19-10-8-17(9-11-19)16-21(26)23-14-15-28-22-13-12-20(24-25-22)18-6-4-3-5-7-18/h3-13H,2,14-16H2,1H3,(H,23,26). The van der Waals surface area contributed by atoms with Crippen LogP contribution >= 0.6 is 0 Å². The van der Waals surface area contributed by atoms with Crippen molar-refractivity contribution in [2.24, 2.45) is 0 Å². The third kappa shape index (κ3) is 5.81. The predicted octanol–water partition coefficient (Wildman–Crippen LogP) is 3.28. The highest BCUT2D eigenvalue weighted by Crippen LogP contribution is 2.17. The van der Waals surface area contributed by atoms with Gasteiger partial charge in [-0.25, -0.2) is 0 Å². The van der Waals surface area contributed by atoms with Gasteiger partial charge >= 0.3 is 0 Å². The van der Waals surface area contributed by atoms with E-state index in [4.69, 9.17) is 9.47 Å². The van der Waals surface area contributed by atoms with E-state index in [0.717, 1.165) is 22.6 Å². The van der Waals surface area contributed by atoms with E-state index in [1.54, 1.807) is 6.07 Å². The fourth-order valence-corrected chi connectivity index (χ4v) is 2.62. The van der Waals surface area contributed by atoms with Crippen molar-refractivity contribution in [3.63, 3.8) is 0 Å². The third-order valence-electron chi connectivity index (χ3n) is 3.98. The molecule has 0 aliphatic rings. The lowest BCUT2D eigenvalue weighted by Gasteiger charge is -2.08. The lowest BCUT2D eigenvalue weighted by Crippen LogP contribution is -2.29. The molecule has 0 saturated carbocycles. The van der Waals surface area contributed by atoms with Crippen LogP contribution in [-0.2, 0) is 11.2 Å². The van der Waals surface area contributed by atoms with E-state index in [2.05, 4.69) is 15.5 Å². The van der Waals surface area contributed by atoms with E-state index >= 15 is 0 Å². The summed E-state index contributed by atoms with van der Waals surface area (Å²) in [6.07, 6.45) is 0.317. The Bertz CT molecular complexity index is 866. The van der Waals surface area contributed by atoms with Gasteiger partial charge in [0.25, 0.3) is 0 Å².